The molecule has 0 amide bonds. The van der Waals surface area contributed by atoms with Crippen molar-refractivity contribution in [3.63, 3.8) is 0 Å². The summed E-state index contributed by atoms with van der Waals surface area (Å²) < 4.78 is 5.25. The second-order valence-corrected chi connectivity index (χ2v) is 5.49. The van der Waals surface area contributed by atoms with E-state index in [4.69, 9.17) is 4.74 Å². The lowest BCUT2D eigenvalue weighted by atomic mass is 9.63. The summed E-state index contributed by atoms with van der Waals surface area (Å²) in [5, 5.41) is 0. The molecule has 0 aromatic heterocycles. The summed E-state index contributed by atoms with van der Waals surface area (Å²) in [4.78, 5) is 24.0. The molecule has 0 N–H and O–H groups in total. The van der Waals surface area contributed by atoms with Gasteiger partial charge in [-0.1, -0.05) is 12.5 Å². The van der Waals surface area contributed by atoms with Crippen LogP contribution < -0.4 is 4.74 Å². The van der Waals surface area contributed by atoms with Crippen LogP contribution in [0.5, 0.6) is 5.75 Å². The molecular weight excluding hydrogens is 240 g/mol. The number of methoxy groups -OCH3 is 1. The molecule has 0 saturated heterocycles. The van der Waals surface area contributed by atoms with Gasteiger partial charge in [0.05, 0.1) is 7.11 Å². The van der Waals surface area contributed by atoms with Gasteiger partial charge in [-0.15, -0.1) is 0 Å². The van der Waals surface area contributed by atoms with Crippen molar-refractivity contribution in [2.24, 2.45) is 0 Å². The summed E-state index contributed by atoms with van der Waals surface area (Å²) in [5.41, 5.74) is 2.37. The molecule has 98 valence electrons. The standard InChI is InChI=1S/C16H16O3/c1-16-9-11(17)4-3-10(16)7-15(18)13-6-5-12(19-2)8-14(13)16/h5-8H,3-4,9H2,1-2H3. The molecular formula is C16H16O3. The van der Waals surface area contributed by atoms with Gasteiger partial charge in [-0.3, -0.25) is 9.59 Å². The minimum atomic E-state index is -0.340. The highest BCUT2D eigenvalue weighted by atomic mass is 16.5. The predicted octanol–water partition coefficient (Wildman–Crippen LogP) is 2.83. The summed E-state index contributed by atoms with van der Waals surface area (Å²) in [7, 11) is 1.61. The van der Waals surface area contributed by atoms with Crippen molar-refractivity contribution in [2.45, 2.75) is 31.6 Å². The van der Waals surface area contributed by atoms with Gasteiger partial charge in [0, 0.05) is 23.8 Å². The molecule has 2 aliphatic carbocycles. The number of ketones is 2. The van der Waals surface area contributed by atoms with E-state index in [1.54, 1.807) is 25.3 Å². The fourth-order valence-corrected chi connectivity index (χ4v) is 3.20. The third-order valence-corrected chi connectivity index (χ3v) is 4.32. The maximum Gasteiger partial charge on any atom is 0.186 e. The zero-order chi connectivity index (χ0) is 13.6. The summed E-state index contributed by atoms with van der Waals surface area (Å²) in [5.74, 6) is 1.04. The van der Waals surface area contributed by atoms with Crippen LogP contribution in [0, 0.1) is 0 Å². The van der Waals surface area contributed by atoms with E-state index in [0.717, 1.165) is 16.9 Å². The van der Waals surface area contributed by atoms with Crippen molar-refractivity contribution in [3.05, 3.63) is 41.0 Å². The van der Waals surface area contributed by atoms with E-state index in [0.29, 0.717) is 24.8 Å². The normalized spacial score (nSPS) is 25.5. The molecule has 3 nitrogen and oxygen atoms in total. The van der Waals surface area contributed by atoms with Crippen LogP contribution in [0.15, 0.2) is 29.8 Å². The Labute approximate surface area is 112 Å². The molecule has 19 heavy (non-hydrogen) atoms. The SMILES string of the molecule is COc1ccc2c(c1)C1(C)CC(=O)CCC1=CC2=O. The number of hydrogen-bond acceptors (Lipinski definition) is 3. The Balaban J connectivity index is 2.21. The lowest BCUT2D eigenvalue weighted by Crippen LogP contribution is -2.37. The molecule has 0 aliphatic heterocycles. The Kier molecular flexibility index (Phi) is 2.59. The number of carbonyl (C=O) groups excluding carboxylic acids is 2. The molecule has 3 rings (SSSR count). The topological polar surface area (TPSA) is 43.4 Å². The number of Topliss-reactive ketones (excluding diaryl/α,β-unsaturated/α-hetero) is 1. The molecule has 0 spiro atoms. The Morgan fingerprint density at radius 1 is 1.21 bits per heavy atom. The highest BCUT2D eigenvalue weighted by Gasteiger charge is 2.42. The largest absolute Gasteiger partial charge is 0.497 e. The minimum absolute atomic E-state index is 0.0412. The second-order valence-electron chi connectivity index (χ2n) is 5.49. The van der Waals surface area contributed by atoms with Gasteiger partial charge in [-0.25, -0.2) is 0 Å². The monoisotopic (exact) mass is 256 g/mol. The molecule has 0 bridgehead atoms. The van der Waals surface area contributed by atoms with Gasteiger partial charge in [0.15, 0.2) is 5.78 Å². The van der Waals surface area contributed by atoms with Crippen molar-refractivity contribution >= 4 is 11.6 Å². The number of ether oxygens (including phenoxy) is 1. The lowest BCUT2D eigenvalue weighted by Gasteiger charge is -2.39. The van der Waals surface area contributed by atoms with Crippen LogP contribution in [0.3, 0.4) is 0 Å². The number of fused-ring (bicyclic) bond motifs is 3. The van der Waals surface area contributed by atoms with Crippen molar-refractivity contribution in [1.29, 1.82) is 0 Å². The number of benzene rings is 1. The first-order valence-electron chi connectivity index (χ1n) is 6.50. The van der Waals surface area contributed by atoms with Crippen molar-refractivity contribution < 1.29 is 14.3 Å². The third-order valence-electron chi connectivity index (χ3n) is 4.32. The predicted molar refractivity (Wildman–Crippen MR) is 71.6 cm³/mol. The van der Waals surface area contributed by atoms with Gasteiger partial charge < -0.3 is 4.74 Å². The molecule has 1 fully saturated rings. The van der Waals surface area contributed by atoms with Crippen molar-refractivity contribution in [3.8, 4) is 5.75 Å². The first-order valence-corrected chi connectivity index (χ1v) is 6.50. The quantitative estimate of drug-likeness (QED) is 0.776. The van der Waals surface area contributed by atoms with Gasteiger partial charge in [-0.05, 0) is 36.3 Å². The van der Waals surface area contributed by atoms with Gasteiger partial charge in [-0.2, -0.15) is 0 Å². The molecule has 0 radical (unpaired) electrons. The highest BCUT2D eigenvalue weighted by Crippen LogP contribution is 2.46. The van der Waals surface area contributed by atoms with E-state index in [1.807, 2.05) is 6.07 Å². The molecule has 1 aromatic carbocycles. The van der Waals surface area contributed by atoms with Gasteiger partial charge >= 0.3 is 0 Å². The second kappa shape index (κ2) is 4.05. The van der Waals surface area contributed by atoms with Crippen LogP contribution in [-0.2, 0) is 10.2 Å². The number of hydrogen-bond donors (Lipinski definition) is 0. The Morgan fingerprint density at radius 2 is 2.00 bits per heavy atom. The zero-order valence-corrected chi connectivity index (χ0v) is 11.2. The van der Waals surface area contributed by atoms with Gasteiger partial charge in [0.25, 0.3) is 0 Å². The van der Waals surface area contributed by atoms with Crippen molar-refractivity contribution in [1.82, 2.24) is 0 Å². The van der Waals surface area contributed by atoms with Crippen LogP contribution in [0.25, 0.3) is 0 Å². The molecule has 2 aliphatic rings. The van der Waals surface area contributed by atoms with E-state index in [2.05, 4.69) is 6.92 Å². The average Bonchev–Trinajstić information content (AvgIpc) is 2.40. The van der Waals surface area contributed by atoms with Crippen LogP contribution >= 0.6 is 0 Å². The van der Waals surface area contributed by atoms with E-state index in [-0.39, 0.29) is 17.0 Å². The summed E-state index contributed by atoms with van der Waals surface area (Å²) in [6.07, 6.45) is 3.44. The molecule has 1 atom stereocenters. The number of rotatable bonds is 1. The highest BCUT2D eigenvalue weighted by molar-refractivity contribution is 6.09. The fourth-order valence-electron chi connectivity index (χ4n) is 3.20. The van der Waals surface area contributed by atoms with E-state index in [9.17, 15) is 9.59 Å². The van der Waals surface area contributed by atoms with Crippen LogP contribution in [0.1, 0.15) is 42.1 Å². The molecule has 1 unspecified atom stereocenters. The third kappa shape index (κ3) is 1.72. The first kappa shape index (κ1) is 12.2. The summed E-state index contributed by atoms with van der Waals surface area (Å²) in [6, 6.07) is 5.50. The summed E-state index contributed by atoms with van der Waals surface area (Å²) in [6.45, 7) is 2.06. The van der Waals surface area contributed by atoms with E-state index < -0.39 is 0 Å². The number of carbonyl (C=O) groups is 2. The first-order chi connectivity index (χ1) is 9.04. The molecule has 1 saturated carbocycles. The lowest BCUT2D eigenvalue weighted by molar-refractivity contribution is -0.120. The van der Waals surface area contributed by atoms with Gasteiger partial charge in [0.1, 0.15) is 11.5 Å². The maximum absolute atomic E-state index is 12.2. The maximum atomic E-state index is 12.2. The smallest absolute Gasteiger partial charge is 0.186 e. The number of allylic oxidation sites excluding steroid dienone is 2. The van der Waals surface area contributed by atoms with Crippen LogP contribution in [-0.4, -0.2) is 18.7 Å². The van der Waals surface area contributed by atoms with E-state index >= 15 is 0 Å². The molecule has 1 aromatic rings. The zero-order valence-electron chi connectivity index (χ0n) is 11.2. The van der Waals surface area contributed by atoms with Crippen LogP contribution in [0.4, 0.5) is 0 Å². The average molecular weight is 256 g/mol. The molecule has 3 heteroatoms. The Bertz CT molecular complexity index is 612. The Morgan fingerprint density at radius 3 is 2.74 bits per heavy atom. The fraction of sp³-hybridized carbons (Fsp3) is 0.375. The van der Waals surface area contributed by atoms with E-state index in [1.165, 1.54) is 0 Å². The minimum Gasteiger partial charge on any atom is -0.497 e. The van der Waals surface area contributed by atoms with Crippen molar-refractivity contribution in [2.75, 3.05) is 7.11 Å². The van der Waals surface area contributed by atoms with Crippen LogP contribution in [0.2, 0.25) is 0 Å². The van der Waals surface area contributed by atoms with Gasteiger partial charge in [0.2, 0.25) is 0 Å². The summed E-state index contributed by atoms with van der Waals surface area (Å²) >= 11 is 0. The molecule has 0 heterocycles. The Hall–Kier alpha value is -1.90.